The van der Waals surface area contributed by atoms with Gasteiger partial charge in [0.25, 0.3) is 5.91 Å². The molecule has 0 atom stereocenters. The first-order chi connectivity index (χ1) is 9.04. The Morgan fingerprint density at radius 3 is 2.68 bits per heavy atom. The van der Waals surface area contributed by atoms with Crippen LogP contribution in [0.25, 0.3) is 0 Å². The lowest BCUT2D eigenvalue weighted by molar-refractivity contribution is 0.0449. The molecule has 0 radical (unpaired) electrons. The first-order valence-electron chi connectivity index (χ1n) is 6.69. The average Bonchev–Trinajstić information content (AvgIpc) is 2.83. The van der Waals surface area contributed by atoms with Crippen molar-refractivity contribution < 1.29 is 14.6 Å². The summed E-state index contributed by atoms with van der Waals surface area (Å²) in [7, 11) is 1.60. The molecule has 4 nitrogen and oxygen atoms in total. The van der Waals surface area contributed by atoms with Crippen LogP contribution in [0.15, 0.2) is 18.2 Å². The van der Waals surface area contributed by atoms with Crippen molar-refractivity contribution >= 4 is 5.91 Å². The molecule has 2 N–H and O–H groups in total. The van der Waals surface area contributed by atoms with Gasteiger partial charge >= 0.3 is 0 Å². The fourth-order valence-electron chi connectivity index (χ4n) is 2.57. The highest BCUT2D eigenvalue weighted by atomic mass is 16.5. The molecule has 1 fully saturated rings. The van der Waals surface area contributed by atoms with Crippen LogP contribution in [-0.4, -0.2) is 30.3 Å². The number of aliphatic hydroxyl groups is 1. The predicted molar refractivity (Wildman–Crippen MR) is 73.5 cm³/mol. The van der Waals surface area contributed by atoms with Gasteiger partial charge < -0.3 is 15.2 Å². The Balaban J connectivity index is 2.00. The molecule has 0 bridgehead atoms. The number of nitrogens with one attached hydrogen (secondary N) is 1. The van der Waals surface area contributed by atoms with Crippen LogP contribution in [-0.2, 0) is 0 Å². The SMILES string of the molecule is COc1ccc(C(=O)NCC2(O)CCCC2)c(C)c1. The third kappa shape index (κ3) is 3.26. The Morgan fingerprint density at radius 1 is 1.42 bits per heavy atom. The topological polar surface area (TPSA) is 58.6 Å². The van der Waals surface area contributed by atoms with Crippen LogP contribution >= 0.6 is 0 Å². The minimum absolute atomic E-state index is 0.138. The van der Waals surface area contributed by atoms with Crippen LogP contribution in [0.1, 0.15) is 41.6 Å². The zero-order valence-corrected chi connectivity index (χ0v) is 11.5. The van der Waals surface area contributed by atoms with Crippen LogP contribution in [0.3, 0.4) is 0 Å². The largest absolute Gasteiger partial charge is 0.497 e. The highest BCUT2D eigenvalue weighted by Crippen LogP contribution is 2.28. The van der Waals surface area contributed by atoms with Crippen molar-refractivity contribution in [3.63, 3.8) is 0 Å². The summed E-state index contributed by atoms with van der Waals surface area (Å²) in [5, 5.41) is 13.0. The first kappa shape index (κ1) is 13.9. The molecule has 0 heterocycles. The molecule has 1 aliphatic rings. The van der Waals surface area contributed by atoms with Crippen molar-refractivity contribution in [3.05, 3.63) is 29.3 Å². The second kappa shape index (κ2) is 5.61. The third-order valence-corrected chi connectivity index (χ3v) is 3.79. The highest BCUT2D eigenvalue weighted by molar-refractivity contribution is 5.95. The van der Waals surface area contributed by atoms with Gasteiger partial charge in [-0.3, -0.25) is 4.79 Å². The van der Waals surface area contributed by atoms with E-state index in [1.165, 1.54) is 0 Å². The molecule has 104 valence electrons. The number of carbonyl (C=O) groups is 1. The van der Waals surface area contributed by atoms with Crippen molar-refractivity contribution in [3.8, 4) is 5.75 Å². The van der Waals surface area contributed by atoms with Crippen LogP contribution < -0.4 is 10.1 Å². The smallest absolute Gasteiger partial charge is 0.251 e. The molecule has 19 heavy (non-hydrogen) atoms. The predicted octanol–water partition coefficient (Wildman–Crippen LogP) is 2.04. The molecular formula is C15H21NO3. The number of amides is 1. The molecule has 1 amide bonds. The van der Waals surface area contributed by atoms with Gasteiger partial charge in [0.1, 0.15) is 5.75 Å². The average molecular weight is 263 g/mol. The van der Waals surface area contributed by atoms with E-state index in [0.717, 1.165) is 37.0 Å². The van der Waals surface area contributed by atoms with Crippen molar-refractivity contribution in [2.75, 3.05) is 13.7 Å². The zero-order valence-electron chi connectivity index (χ0n) is 11.5. The summed E-state index contributed by atoms with van der Waals surface area (Å²) in [6, 6.07) is 5.35. The molecule has 1 aromatic rings. The van der Waals surface area contributed by atoms with E-state index in [4.69, 9.17) is 4.74 Å². The minimum atomic E-state index is -0.712. The number of aryl methyl sites for hydroxylation is 1. The lowest BCUT2D eigenvalue weighted by Gasteiger charge is -2.22. The van der Waals surface area contributed by atoms with E-state index in [1.54, 1.807) is 19.2 Å². The summed E-state index contributed by atoms with van der Waals surface area (Å²) in [6.07, 6.45) is 3.62. The summed E-state index contributed by atoms with van der Waals surface area (Å²) in [5.74, 6) is 0.601. The summed E-state index contributed by atoms with van der Waals surface area (Å²) in [6.45, 7) is 2.21. The Labute approximate surface area is 113 Å². The van der Waals surface area contributed by atoms with Crippen molar-refractivity contribution in [1.82, 2.24) is 5.32 Å². The van der Waals surface area contributed by atoms with Gasteiger partial charge in [0, 0.05) is 12.1 Å². The number of hydrogen-bond donors (Lipinski definition) is 2. The first-order valence-corrected chi connectivity index (χ1v) is 6.69. The molecule has 1 saturated carbocycles. The number of hydrogen-bond acceptors (Lipinski definition) is 3. The van der Waals surface area contributed by atoms with Crippen molar-refractivity contribution in [1.29, 1.82) is 0 Å². The molecule has 4 heteroatoms. The van der Waals surface area contributed by atoms with Gasteiger partial charge in [-0.15, -0.1) is 0 Å². The molecule has 0 aliphatic heterocycles. The van der Waals surface area contributed by atoms with E-state index < -0.39 is 5.60 Å². The Hall–Kier alpha value is -1.55. The number of benzene rings is 1. The van der Waals surface area contributed by atoms with E-state index in [1.807, 2.05) is 13.0 Å². The molecule has 0 aromatic heterocycles. The maximum atomic E-state index is 12.1. The van der Waals surface area contributed by atoms with Crippen molar-refractivity contribution in [2.45, 2.75) is 38.2 Å². The molecule has 0 saturated heterocycles. The monoisotopic (exact) mass is 263 g/mol. The van der Waals surface area contributed by atoms with E-state index in [2.05, 4.69) is 5.32 Å². The number of rotatable bonds is 4. The van der Waals surface area contributed by atoms with Gasteiger partial charge in [-0.25, -0.2) is 0 Å². The van der Waals surface area contributed by atoms with E-state index in [9.17, 15) is 9.90 Å². The fraction of sp³-hybridized carbons (Fsp3) is 0.533. The van der Waals surface area contributed by atoms with E-state index in [0.29, 0.717) is 12.1 Å². The number of ether oxygens (including phenoxy) is 1. The lowest BCUT2D eigenvalue weighted by Crippen LogP contribution is -2.40. The van der Waals surface area contributed by atoms with Crippen LogP contribution in [0.5, 0.6) is 5.75 Å². The Morgan fingerprint density at radius 2 is 2.11 bits per heavy atom. The van der Waals surface area contributed by atoms with Gasteiger partial charge in [-0.2, -0.15) is 0 Å². The van der Waals surface area contributed by atoms with Crippen LogP contribution in [0.2, 0.25) is 0 Å². The zero-order chi connectivity index (χ0) is 13.9. The van der Waals surface area contributed by atoms with Gasteiger partial charge in [0.2, 0.25) is 0 Å². The number of methoxy groups -OCH3 is 1. The maximum Gasteiger partial charge on any atom is 0.251 e. The van der Waals surface area contributed by atoms with Crippen molar-refractivity contribution in [2.24, 2.45) is 0 Å². The molecular weight excluding hydrogens is 242 g/mol. The molecule has 0 spiro atoms. The fourth-order valence-corrected chi connectivity index (χ4v) is 2.57. The number of carbonyl (C=O) groups excluding carboxylic acids is 1. The Kier molecular flexibility index (Phi) is 4.10. The normalized spacial score (nSPS) is 17.2. The summed E-state index contributed by atoms with van der Waals surface area (Å²) in [4.78, 5) is 12.1. The van der Waals surface area contributed by atoms with Gasteiger partial charge in [0.05, 0.1) is 12.7 Å². The molecule has 1 aromatic carbocycles. The third-order valence-electron chi connectivity index (χ3n) is 3.79. The second-order valence-electron chi connectivity index (χ2n) is 5.29. The molecule has 0 unspecified atom stereocenters. The van der Waals surface area contributed by atoms with Crippen LogP contribution in [0.4, 0.5) is 0 Å². The molecule has 2 rings (SSSR count). The summed E-state index contributed by atoms with van der Waals surface area (Å²) in [5.41, 5.74) is 0.786. The van der Waals surface area contributed by atoms with Gasteiger partial charge in [-0.1, -0.05) is 12.8 Å². The lowest BCUT2D eigenvalue weighted by atomic mass is 10.0. The molecule has 1 aliphatic carbocycles. The minimum Gasteiger partial charge on any atom is -0.497 e. The maximum absolute atomic E-state index is 12.1. The van der Waals surface area contributed by atoms with Gasteiger partial charge in [0.15, 0.2) is 0 Å². The van der Waals surface area contributed by atoms with Gasteiger partial charge in [-0.05, 0) is 43.5 Å². The second-order valence-corrected chi connectivity index (χ2v) is 5.29. The summed E-state index contributed by atoms with van der Waals surface area (Å²) < 4.78 is 5.12. The quantitative estimate of drug-likeness (QED) is 0.874. The van der Waals surface area contributed by atoms with E-state index in [-0.39, 0.29) is 5.91 Å². The van der Waals surface area contributed by atoms with Crippen LogP contribution in [0, 0.1) is 6.92 Å². The summed E-state index contributed by atoms with van der Waals surface area (Å²) >= 11 is 0. The standard InChI is InChI=1S/C15H21NO3/c1-11-9-12(19-2)5-6-13(11)14(17)16-10-15(18)7-3-4-8-15/h5-6,9,18H,3-4,7-8,10H2,1-2H3,(H,16,17). The Bertz CT molecular complexity index is 464. The van der Waals surface area contributed by atoms with E-state index >= 15 is 0 Å². The highest BCUT2D eigenvalue weighted by Gasteiger charge is 2.31.